The molecule has 1 unspecified atom stereocenters. The maximum Gasteiger partial charge on any atom is 0.242 e. The van der Waals surface area contributed by atoms with Gasteiger partial charge in [-0.25, -0.2) is 4.39 Å². The summed E-state index contributed by atoms with van der Waals surface area (Å²) in [5.74, 6) is 0.606. The van der Waals surface area contributed by atoms with Crippen molar-refractivity contribution in [2.45, 2.75) is 19.4 Å². The molecule has 7 heteroatoms. The van der Waals surface area contributed by atoms with Crippen LogP contribution in [0.4, 0.5) is 10.1 Å². The minimum Gasteiger partial charge on any atom is -0.494 e. The van der Waals surface area contributed by atoms with Gasteiger partial charge in [0.1, 0.15) is 11.6 Å². The van der Waals surface area contributed by atoms with E-state index in [9.17, 15) is 9.18 Å². The highest BCUT2D eigenvalue weighted by Gasteiger charge is 2.37. The van der Waals surface area contributed by atoms with E-state index in [1.165, 1.54) is 6.07 Å². The molecule has 2 aromatic rings. The second-order valence-corrected chi connectivity index (χ2v) is 7.35. The van der Waals surface area contributed by atoms with Gasteiger partial charge in [-0.3, -0.25) is 4.79 Å². The molecule has 1 fully saturated rings. The van der Waals surface area contributed by atoms with Crippen LogP contribution < -0.4 is 10.1 Å². The van der Waals surface area contributed by atoms with E-state index < -0.39 is 0 Å². The number of ether oxygens (including phenoxy) is 1. The molecule has 1 atom stereocenters. The Balaban J connectivity index is 1.49. The number of benzene rings is 2. The van der Waals surface area contributed by atoms with Crippen LogP contribution in [0.3, 0.4) is 0 Å². The molecule has 146 valence electrons. The number of anilines is 1. The van der Waals surface area contributed by atoms with Crippen molar-refractivity contribution in [3.63, 3.8) is 0 Å². The second-order valence-electron chi connectivity index (χ2n) is 6.96. The van der Waals surface area contributed by atoms with E-state index in [1.807, 2.05) is 41.0 Å². The van der Waals surface area contributed by atoms with E-state index >= 15 is 0 Å². The number of hydrogen-bond acceptors (Lipinski definition) is 3. The average molecular weight is 399 g/mol. The number of amides is 1. The first kappa shape index (κ1) is 18.7. The van der Waals surface area contributed by atoms with Crippen LogP contribution in [0.5, 0.6) is 5.75 Å². The fourth-order valence-electron chi connectivity index (χ4n) is 3.86. The van der Waals surface area contributed by atoms with Crippen LogP contribution in [-0.2, 0) is 11.2 Å². The predicted molar refractivity (Wildman–Crippen MR) is 110 cm³/mol. The molecule has 2 heterocycles. The quantitative estimate of drug-likeness (QED) is 0.802. The van der Waals surface area contributed by atoms with Gasteiger partial charge in [-0.1, -0.05) is 6.07 Å². The molecule has 2 aliphatic heterocycles. The standard InChI is InChI=1S/C21H22FN3O2S/c1-2-27-17-6-4-16(5-7-17)23-21(28)24-12-19-18-8-3-15(22)11-14(18)9-10-25(19)20(26)13-24/h3-8,11,19H,2,9-10,12-13H2,1H3,(H,23,28). The molecule has 28 heavy (non-hydrogen) atoms. The molecule has 0 spiro atoms. The van der Waals surface area contributed by atoms with Crippen molar-refractivity contribution in [2.24, 2.45) is 0 Å². The highest BCUT2D eigenvalue weighted by molar-refractivity contribution is 7.80. The highest BCUT2D eigenvalue weighted by atomic mass is 32.1. The number of halogens is 1. The molecule has 1 saturated heterocycles. The summed E-state index contributed by atoms with van der Waals surface area (Å²) in [6.07, 6.45) is 0.685. The summed E-state index contributed by atoms with van der Waals surface area (Å²) < 4.78 is 19.0. The minimum absolute atomic E-state index is 0.0436. The Morgan fingerprint density at radius 2 is 2.07 bits per heavy atom. The Bertz CT molecular complexity index is 903. The van der Waals surface area contributed by atoms with Crippen molar-refractivity contribution < 1.29 is 13.9 Å². The third-order valence-electron chi connectivity index (χ3n) is 5.21. The van der Waals surface area contributed by atoms with E-state index in [4.69, 9.17) is 17.0 Å². The lowest BCUT2D eigenvalue weighted by atomic mass is 9.90. The van der Waals surface area contributed by atoms with Crippen molar-refractivity contribution >= 4 is 28.9 Å². The van der Waals surface area contributed by atoms with Crippen LogP contribution in [0.15, 0.2) is 42.5 Å². The van der Waals surface area contributed by atoms with Crippen molar-refractivity contribution in [3.05, 3.63) is 59.4 Å². The molecule has 0 bridgehead atoms. The van der Waals surface area contributed by atoms with E-state index in [0.717, 1.165) is 22.6 Å². The first-order valence-electron chi connectivity index (χ1n) is 9.41. The molecule has 5 nitrogen and oxygen atoms in total. The molecule has 0 aromatic heterocycles. The maximum atomic E-state index is 13.6. The number of hydrogen-bond donors (Lipinski definition) is 1. The number of nitrogens with zero attached hydrogens (tertiary/aromatic N) is 2. The summed E-state index contributed by atoms with van der Waals surface area (Å²) in [4.78, 5) is 16.5. The normalized spacial score (nSPS) is 18.4. The lowest BCUT2D eigenvalue weighted by Gasteiger charge is -2.45. The van der Waals surface area contributed by atoms with Crippen LogP contribution in [0.2, 0.25) is 0 Å². The molecule has 0 aliphatic carbocycles. The van der Waals surface area contributed by atoms with Crippen molar-refractivity contribution in [3.8, 4) is 5.75 Å². The minimum atomic E-state index is -0.237. The number of piperazine rings is 1. The third kappa shape index (κ3) is 3.67. The van der Waals surface area contributed by atoms with E-state index in [-0.39, 0.29) is 24.3 Å². The monoisotopic (exact) mass is 399 g/mol. The van der Waals surface area contributed by atoms with Gasteiger partial charge in [0.2, 0.25) is 5.91 Å². The summed E-state index contributed by atoms with van der Waals surface area (Å²) in [5.41, 5.74) is 2.82. The Hall–Kier alpha value is -2.67. The Morgan fingerprint density at radius 3 is 2.82 bits per heavy atom. The predicted octanol–water partition coefficient (Wildman–Crippen LogP) is 3.36. The van der Waals surface area contributed by atoms with Crippen molar-refractivity contribution in [1.82, 2.24) is 9.80 Å². The number of carbonyl (C=O) groups is 1. The van der Waals surface area contributed by atoms with E-state index in [2.05, 4.69) is 5.32 Å². The van der Waals surface area contributed by atoms with E-state index in [0.29, 0.717) is 31.2 Å². The van der Waals surface area contributed by atoms with Gasteiger partial charge in [-0.05, 0) is 73.1 Å². The first-order valence-corrected chi connectivity index (χ1v) is 9.82. The van der Waals surface area contributed by atoms with Gasteiger partial charge in [0.05, 0.1) is 19.2 Å². The van der Waals surface area contributed by atoms with Gasteiger partial charge < -0.3 is 19.9 Å². The molecule has 1 amide bonds. The van der Waals surface area contributed by atoms with Gasteiger partial charge in [0.15, 0.2) is 5.11 Å². The molecule has 0 radical (unpaired) electrons. The van der Waals surface area contributed by atoms with Crippen LogP contribution in [-0.4, -0.2) is 47.1 Å². The number of rotatable bonds is 3. The summed E-state index contributed by atoms with van der Waals surface area (Å²) in [5, 5.41) is 3.71. The van der Waals surface area contributed by atoms with Crippen LogP contribution in [0.25, 0.3) is 0 Å². The number of fused-ring (bicyclic) bond motifs is 3. The largest absolute Gasteiger partial charge is 0.494 e. The lowest BCUT2D eigenvalue weighted by Crippen LogP contribution is -2.56. The number of nitrogens with one attached hydrogen (secondary N) is 1. The van der Waals surface area contributed by atoms with Crippen LogP contribution in [0, 0.1) is 5.82 Å². The van der Waals surface area contributed by atoms with Crippen molar-refractivity contribution in [1.29, 1.82) is 0 Å². The summed E-state index contributed by atoms with van der Waals surface area (Å²) >= 11 is 5.56. The zero-order valence-corrected chi connectivity index (χ0v) is 16.5. The first-order chi connectivity index (χ1) is 13.5. The second kappa shape index (κ2) is 7.75. The Morgan fingerprint density at radius 1 is 1.29 bits per heavy atom. The van der Waals surface area contributed by atoms with Gasteiger partial charge in [0, 0.05) is 18.8 Å². The lowest BCUT2D eigenvalue weighted by molar-refractivity contribution is -0.138. The molecule has 4 rings (SSSR count). The fourth-order valence-corrected chi connectivity index (χ4v) is 4.12. The zero-order valence-electron chi connectivity index (χ0n) is 15.7. The van der Waals surface area contributed by atoms with Crippen LogP contribution in [0.1, 0.15) is 24.1 Å². The fraction of sp³-hybridized carbons (Fsp3) is 0.333. The molecule has 0 saturated carbocycles. The average Bonchev–Trinajstić information content (AvgIpc) is 2.69. The van der Waals surface area contributed by atoms with Gasteiger partial charge in [0.25, 0.3) is 0 Å². The van der Waals surface area contributed by atoms with Gasteiger partial charge in [-0.2, -0.15) is 0 Å². The number of thiocarbonyl (C=S) groups is 1. The topological polar surface area (TPSA) is 44.8 Å². The zero-order chi connectivity index (χ0) is 19.7. The van der Waals surface area contributed by atoms with Crippen molar-refractivity contribution in [2.75, 3.05) is 31.6 Å². The van der Waals surface area contributed by atoms with Gasteiger partial charge in [-0.15, -0.1) is 0 Å². The number of carbonyl (C=O) groups excluding carboxylic acids is 1. The Labute approximate surface area is 169 Å². The molecular weight excluding hydrogens is 377 g/mol. The Kier molecular flexibility index (Phi) is 5.17. The smallest absolute Gasteiger partial charge is 0.242 e. The molecule has 1 N–H and O–H groups in total. The van der Waals surface area contributed by atoms with Crippen LogP contribution >= 0.6 is 12.2 Å². The molecular formula is C21H22FN3O2S. The maximum absolute atomic E-state index is 13.6. The SMILES string of the molecule is CCOc1ccc(NC(=S)N2CC(=O)N3CCc4cc(F)ccc4C3C2)cc1. The summed E-state index contributed by atoms with van der Waals surface area (Å²) in [6, 6.07) is 12.3. The van der Waals surface area contributed by atoms with E-state index in [1.54, 1.807) is 12.1 Å². The highest BCUT2D eigenvalue weighted by Crippen LogP contribution is 2.33. The third-order valence-corrected chi connectivity index (χ3v) is 5.57. The molecule has 2 aromatic carbocycles. The summed E-state index contributed by atoms with van der Waals surface area (Å²) in [7, 11) is 0. The van der Waals surface area contributed by atoms with Gasteiger partial charge >= 0.3 is 0 Å². The summed E-state index contributed by atoms with van der Waals surface area (Å²) in [6.45, 7) is 4.01. The molecule has 2 aliphatic rings.